The highest BCUT2D eigenvalue weighted by Crippen LogP contribution is 2.34. The van der Waals surface area contributed by atoms with E-state index < -0.39 is 29.2 Å². The molecule has 27 heavy (non-hydrogen) atoms. The Hall–Kier alpha value is -2.33. The summed E-state index contributed by atoms with van der Waals surface area (Å²) in [6.45, 7) is 3.99. The summed E-state index contributed by atoms with van der Waals surface area (Å²) in [5.41, 5.74) is 4.79. The van der Waals surface area contributed by atoms with E-state index in [9.17, 15) is 13.6 Å². The lowest BCUT2D eigenvalue weighted by Gasteiger charge is -2.14. The van der Waals surface area contributed by atoms with Crippen molar-refractivity contribution in [2.45, 2.75) is 20.0 Å². The van der Waals surface area contributed by atoms with Gasteiger partial charge in [0.15, 0.2) is 17.3 Å². The van der Waals surface area contributed by atoms with Crippen LogP contribution in [0.25, 0.3) is 10.3 Å². The number of carbonyl (C=O) groups is 1. The number of thiazole rings is 1. The molecule has 0 saturated heterocycles. The number of aromatic nitrogens is 2. The maximum Gasteiger partial charge on any atom is 0.254 e. The van der Waals surface area contributed by atoms with Crippen LogP contribution in [-0.2, 0) is 0 Å². The van der Waals surface area contributed by atoms with Crippen molar-refractivity contribution < 1.29 is 23.0 Å². The Balaban J connectivity index is 1.92. The van der Waals surface area contributed by atoms with Crippen molar-refractivity contribution in [1.82, 2.24) is 9.97 Å². The molecule has 0 fully saturated rings. The Bertz CT molecular complexity index is 1030. The maximum absolute atomic E-state index is 14.3. The highest BCUT2D eigenvalue weighted by Gasteiger charge is 2.22. The van der Waals surface area contributed by atoms with E-state index in [1.807, 2.05) is 6.92 Å². The molecular weight excluding hydrogens is 444 g/mol. The maximum atomic E-state index is 14.3. The van der Waals surface area contributed by atoms with Crippen LogP contribution in [-0.4, -0.2) is 22.5 Å². The molecule has 0 bridgehead atoms. The topological polar surface area (TPSA) is 87.3 Å². The molecule has 0 spiro atoms. The lowest BCUT2D eigenvalue weighted by molar-refractivity contribution is 0.0990. The van der Waals surface area contributed by atoms with Crippen molar-refractivity contribution in [3.05, 3.63) is 45.0 Å². The monoisotopic (exact) mass is 457 g/mol. The van der Waals surface area contributed by atoms with Gasteiger partial charge in [-0.25, -0.2) is 18.7 Å². The normalized spacial score (nSPS) is 12.2. The van der Waals surface area contributed by atoms with Gasteiger partial charge in [-0.15, -0.1) is 0 Å². The van der Waals surface area contributed by atoms with E-state index >= 15 is 0 Å². The van der Waals surface area contributed by atoms with Crippen molar-refractivity contribution in [2.75, 3.05) is 6.61 Å². The highest BCUT2D eigenvalue weighted by atomic mass is 79.9. The molecule has 1 unspecified atom stereocenters. The van der Waals surface area contributed by atoms with Crippen LogP contribution in [0.2, 0.25) is 0 Å². The Morgan fingerprint density at radius 1 is 1.33 bits per heavy atom. The van der Waals surface area contributed by atoms with Crippen molar-refractivity contribution in [3.63, 3.8) is 0 Å². The molecule has 2 aromatic heterocycles. The number of carbonyl (C=O) groups excluding carboxylic acids is 1. The van der Waals surface area contributed by atoms with Gasteiger partial charge in [-0.1, -0.05) is 11.3 Å². The first-order valence-electron chi connectivity index (χ1n) is 7.86. The Morgan fingerprint density at radius 2 is 2.07 bits per heavy atom. The van der Waals surface area contributed by atoms with Crippen molar-refractivity contribution in [3.8, 4) is 11.5 Å². The smallest absolute Gasteiger partial charge is 0.254 e. The number of fused-ring (bicyclic) bond motifs is 1. The van der Waals surface area contributed by atoms with Crippen LogP contribution in [0, 0.1) is 11.6 Å². The highest BCUT2D eigenvalue weighted by molar-refractivity contribution is 9.10. The van der Waals surface area contributed by atoms with E-state index in [2.05, 4.69) is 25.9 Å². The summed E-state index contributed by atoms with van der Waals surface area (Å²) in [5, 5.41) is 0.530. The lowest BCUT2D eigenvalue weighted by Crippen LogP contribution is -2.16. The van der Waals surface area contributed by atoms with Crippen molar-refractivity contribution in [1.29, 1.82) is 0 Å². The van der Waals surface area contributed by atoms with Gasteiger partial charge in [0.2, 0.25) is 0 Å². The molecule has 3 aromatic rings. The third-order valence-electron chi connectivity index (χ3n) is 3.58. The molecule has 142 valence electrons. The van der Waals surface area contributed by atoms with Crippen LogP contribution < -0.4 is 15.2 Å². The summed E-state index contributed by atoms with van der Waals surface area (Å²) in [6, 6.07) is 3.77. The van der Waals surface area contributed by atoms with Crippen LogP contribution in [0.15, 0.2) is 22.8 Å². The van der Waals surface area contributed by atoms with E-state index in [1.54, 1.807) is 13.0 Å². The number of nitrogens with two attached hydrogens (primary N) is 1. The molecule has 0 radical (unpaired) electrons. The summed E-state index contributed by atoms with van der Waals surface area (Å²) in [7, 11) is 0. The number of benzene rings is 1. The van der Waals surface area contributed by atoms with E-state index in [0.717, 1.165) is 12.1 Å². The number of nitrogens with zero attached hydrogens (tertiary/aromatic N) is 2. The first kappa shape index (κ1) is 19.4. The quantitative estimate of drug-likeness (QED) is 0.555. The zero-order valence-corrected chi connectivity index (χ0v) is 16.7. The number of ether oxygens (including phenoxy) is 2. The van der Waals surface area contributed by atoms with Crippen LogP contribution >= 0.6 is 27.3 Å². The number of amides is 1. The number of hydrogen-bond donors (Lipinski definition) is 1. The fourth-order valence-electron chi connectivity index (χ4n) is 2.36. The SMILES string of the molecule is CCOc1cc2nc(C(C)Oc3ccc(F)c(C(N)=O)c3F)sc2nc1Br. The molecule has 1 aromatic carbocycles. The number of pyridine rings is 1. The molecule has 1 amide bonds. The largest absolute Gasteiger partial charge is 0.491 e. The van der Waals surface area contributed by atoms with E-state index in [0.29, 0.717) is 32.3 Å². The van der Waals surface area contributed by atoms with Gasteiger partial charge >= 0.3 is 0 Å². The Labute approximate surface area is 165 Å². The average Bonchev–Trinajstić information content (AvgIpc) is 3.00. The average molecular weight is 458 g/mol. The van der Waals surface area contributed by atoms with Crippen LogP contribution in [0.4, 0.5) is 8.78 Å². The summed E-state index contributed by atoms with van der Waals surface area (Å²) >= 11 is 4.60. The zero-order chi connectivity index (χ0) is 19.7. The fraction of sp³-hybridized carbons (Fsp3) is 0.235. The van der Waals surface area contributed by atoms with Gasteiger partial charge in [0.05, 0.1) is 6.61 Å². The number of primary amides is 1. The van der Waals surface area contributed by atoms with Crippen LogP contribution in [0.3, 0.4) is 0 Å². The van der Waals surface area contributed by atoms with Gasteiger partial charge in [0, 0.05) is 6.07 Å². The summed E-state index contributed by atoms with van der Waals surface area (Å²) in [4.78, 5) is 20.7. The number of hydrogen-bond acceptors (Lipinski definition) is 6. The first-order chi connectivity index (χ1) is 12.8. The van der Waals surface area contributed by atoms with E-state index in [4.69, 9.17) is 15.2 Å². The number of rotatable bonds is 6. The van der Waals surface area contributed by atoms with Crippen molar-refractivity contribution in [2.24, 2.45) is 5.73 Å². The fourth-order valence-corrected chi connectivity index (χ4v) is 3.79. The van der Waals surface area contributed by atoms with E-state index in [1.165, 1.54) is 11.3 Å². The second kappa shape index (κ2) is 7.73. The third-order valence-corrected chi connectivity index (χ3v) is 5.27. The molecule has 0 saturated carbocycles. The third kappa shape index (κ3) is 3.86. The zero-order valence-electron chi connectivity index (χ0n) is 14.3. The molecule has 10 heteroatoms. The molecule has 0 aliphatic carbocycles. The molecule has 2 N–H and O–H groups in total. The van der Waals surface area contributed by atoms with Gasteiger partial charge < -0.3 is 15.2 Å². The Morgan fingerprint density at radius 3 is 2.74 bits per heavy atom. The number of halogens is 3. The first-order valence-corrected chi connectivity index (χ1v) is 9.47. The van der Waals surface area contributed by atoms with Crippen LogP contribution in [0.1, 0.15) is 35.3 Å². The molecule has 2 heterocycles. The van der Waals surface area contributed by atoms with Crippen molar-refractivity contribution >= 4 is 43.5 Å². The minimum Gasteiger partial charge on any atom is -0.491 e. The van der Waals surface area contributed by atoms with Gasteiger partial charge in [-0.05, 0) is 41.9 Å². The van der Waals surface area contributed by atoms with Gasteiger partial charge in [0.25, 0.3) is 5.91 Å². The summed E-state index contributed by atoms with van der Waals surface area (Å²) < 4.78 is 39.5. The second-order valence-corrected chi connectivity index (χ2v) is 7.21. The lowest BCUT2D eigenvalue weighted by atomic mass is 10.1. The van der Waals surface area contributed by atoms with Crippen LogP contribution in [0.5, 0.6) is 11.5 Å². The molecular formula is C17H14BrF2N3O3S. The molecule has 3 rings (SSSR count). The van der Waals surface area contributed by atoms with Gasteiger partial charge in [0.1, 0.15) is 37.4 Å². The molecule has 1 atom stereocenters. The summed E-state index contributed by atoms with van der Waals surface area (Å²) in [5.74, 6) is -3.12. The minimum absolute atomic E-state index is 0.291. The predicted octanol–water partition coefficient (Wildman–Crippen LogP) is 4.37. The van der Waals surface area contributed by atoms with Gasteiger partial charge in [-0.3, -0.25) is 4.79 Å². The minimum atomic E-state index is -1.21. The standard InChI is InChI=1S/C17H14BrF2N3O3S/c1-3-25-11-6-9-17(23-14(11)18)27-16(22-9)7(2)26-10-5-4-8(19)12(13(10)20)15(21)24/h4-7H,3H2,1-2H3,(H2,21,24). The van der Waals surface area contributed by atoms with E-state index in [-0.39, 0.29) is 5.75 Å². The second-order valence-electron chi connectivity index (χ2n) is 5.45. The predicted molar refractivity (Wildman–Crippen MR) is 100 cm³/mol. The molecule has 0 aliphatic rings. The van der Waals surface area contributed by atoms with Gasteiger partial charge in [-0.2, -0.15) is 0 Å². The molecule has 6 nitrogen and oxygen atoms in total. The Kier molecular flexibility index (Phi) is 5.56. The summed E-state index contributed by atoms with van der Waals surface area (Å²) in [6.07, 6.45) is -0.667. The molecule has 0 aliphatic heterocycles.